The van der Waals surface area contributed by atoms with Gasteiger partial charge >= 0.3 is 5.97 Å². The third-order valence-electron chi connectivity index (χ3n) is 3.86. The van der Waals surface area contributed by atoms with Gasteiger partial charge in [-0.05, 0) is 49.1 Å². The summed E-state index contributed by atoms with van der Waals surface area (Å²) in [6.45, 7) is 6.13. The summed E-state index contributed by atoms with van der Waals surface area (Å²) in [4.78, 5) is 25.4. The van der Waals surface area contributed by atoms with Crippen LogP contribution in [0.3, 0.4) is 0 Å². The number of carbonyl (C=O) groups is 2. The molecule has 1 aliphatic rings. The van der Waals surface area contributed by atoms with Crippen LogP contribution in [0.4, 0.5) is 0 Å². The number of rotatable bonds is 5. The van der Waals surface area contributed by atoms with Crippen molar-refractivity contribution < 1.29 is 14.7 Å². The molecule has 116 valence electrons. The minimum Gasteiger partial charge on any atom is -0.480 e. The van der Waals surface area contributed by atoms with E-state index in [9.17, 15) is 14.7 Å². The number of carbonyl (C=O) groups excluding carboxylic acids is 1. The molecule has 1 amide bonds. The largest absolute Gasteiger partial charge is 0.480 e. The molecule has 0 radical (unpaired) electrons. The van der Waals surface area contributed by atoms with E-state index in [1.165, 1.54) is 28.2 Å². The number of carboxylic acid groups (broad SMARTS) is 1. The monoisotopic (exact) mass is 309 g/mol. The first-order valence-electron chi connectivity index (χ1n) is 7.52. The van der Waals surface area contributed by atoms with Crippen LogP contribution in [-0.2, 0) is 17.6 Å². The normalized spacial score (nSPS) is 19.1. The fraction of sp³-hybridized carbons (Fsp3) is 0.625. The lowest BCUT2D eigenvalue weighted by Gasteiger charge is -2.16. The molecule has 4 nitrogen and oxygen atoms in total. The van der Waals surface area contributed by atoms with Gasteiger partial charge in [0.25, 0.3) is 5.91 Å². The van der Waals surface area contributed by atoms with Gasteiger partial charge in [-0.25, -0.2) is 4.79 Å². The Morgan fingerprint density at radius 1 is 1.48 bits per heavy atom. The highest BCUT2D eigenvalue weighted by Gasteiger charge is 2.25. The average Bonchev–Trinajstić information content (AvgIpc) is 2.80. The molecule has 1 aliphatic carbocycles. The fourth-order valence-electron chi connectivity index (χ4n) is 2.74. The maximum atomic E-state index is 12.3. The van der Waals surface area contributed by atoms with Gasteiger partial charge in [0.05, 0.1) is 4.88 Å². The molecule has 0 spiro atoms. The molecular weight excluding hydrogens is 286 g/mol. The SMILES string of the molecule is CC(C)C[C@H](NC(=O)c1cc2c(s1)CCC(C)C2)C(=O)O. The zero-order chi connectivity index (χ0) is 15.6. The summed E-state index contributed by atoms with van der Waals surface area (Å²) >= 11 is 1.51. The zero-order valence-corrected chi connectivity index (χ0v) is 13.6. The van der Waals surface area contributed by atoms with E-state index in [2.05, 4.69) is 12.2 Å². The summed E-state index contributed by atoms with van der Waals surface area (Å²) in [6.07, 6.45) is 3.67. The number of fused-ring (bicyclic) bond motifs is 1. The van der Waals surface area contributed by atoms with Crippen molar-refractivity contribution in [3.8, 4) is 0 Å². The Balaban J connectivity index is 2.07. The lowest BCUT2D eigenvalue weighted by atomic mass is 9.90. The second-order valence-corrected chi connectivity index (χ2v) is 7.54. The number of hydrogen-bond donors (Lipinski definition) is 2. The molecule has 0 saturated carbocycles. The molecule has 0 saturated heterocycles. The first-order valence-corrected chi connectivity index (χ1v) is 8.33. The van der Waals surface area contributed by atoms with Gasteiger partial charge in [-0.3, -0.25) is 4.79 Å². The van der Waals surface area contributed by atoms with Crippen molar-refractivity contribution in [2.75, 3.05) is 0 Å². The van der Waals surface area contributed by atoms with E-state index < -0.39 is 12.0 Å². The predicted octanol–water partition coefficient (Wildman–Crippen LogP) is 3.10. The van der Waals surface area contributed by atoms with E-state index in [0.717, 1.165) is 12.8 Å². The maximum absolute atomic E-state index is 12.3. The van der Waals surface area contributed by atoms with Gasteiger partial charge in [0, 0.05) is 4.88 Å². The number of hydrogen-bond acceptors (Lipinski definition) is 3. The smallest absolute Gasteiger partial charge is 0.326 e. The lowest BCUT2D eigenvalue weighted by molar-refractivity contribution is -0.139. The van der Waals surface area contributed by atoms with Gasteiger partial charge in [-0.1, -0.05) is 20.8 Å². The summed E-state index contributed by atoms with van der Waals surface area (Å²) in [5, 5.41) is 11.9. The number of amides is 1. The second-order valence-electron chi connectivity index (χ2n) is 6.40. The summed E-state index contributed by atoms with van der Waals surface area (Å²) < 4.78 is 0. The highest BCUT2D eigenvalue weighted by atomic mass is 32.1. The van der Waals surface area contributed by atoms with Crippen molar-refractivity contribution in [3.63, 3.8) is 0 Å². The first-order chi connectivity index (χ1) is 9.86. The summed E-state index contributed by atoms with van der Waals surface area (Å²) in [5.41, 5.74) is 1.26. The highest BCUT2D eigenvalue weighted by molar-refractivity contribution is 7.14. The summed E-state index contributed by atoms with van der Waals surface area (Å²) in [7, 11) is 0. The van der Waals surface area contributed by atoms with E-state index >= 15 is 0 Å². The van der Waals surface area contributed by atoms with Crippen LogP contribution in [0, 0.1) is 11.8 Å². The van der Waals surface area contributed by atoms with Crippen LogP contribution < -0.4 is 5.32 Å². The van der Waals surface area contributed by atoms with Gasteiger partial charge in [0.1, 0.15) is 6.04 Å². The Kier molecular flexibility index (Phi) is 5.04. The van der Waals surface area contributed by atoms with E-state index in [-0.39, 0.29) is 11.8 Å². The van der Waals surface area contributed by atoms with E-state index in [4.69, 9.17) is 0 Å². The second kappa shape index (κ2) is 6.60. The molecule has 21 heavy (non-hydrogen) atoms. The Labute approximate surface area is 129 Å². The Morgan fingerprint density at radius 3 is 2.81 bits per heavy atom. The Hall–Kier alpha value is -1.36. The van der Waals surface area contributed by atoms with Crippen molar-refractivity contribution in [2.24, 2.45) is 11.8 Å². The van der Waals surface area contributed by atoms with Crippen LogP contribution in [-0.4, -0.2) is 23.0 Å². The maximum Gasteiger partial charge on any atom is 0.326 e. The lowest BCUT2D eigenvalue weighted by Crippen LogP contribution is -2.41. The third-order valence-corrected chi connectivity index (χ3v) is 5.10. The van der Waals surface area contributed by atoms with E-state index in [1.807, 2.05) is 19.9 Å². The Morgan fingerprint density at radius 2 is 2.19 bits per heavy atom. The number of carboxylic acids is 1. The minimum atomic E-state index is -0.966. The molecule has 5 heteroatoms. The Bertz CT molecular complexity index is 536. The van der Waals surface area contributed by atoms with Crippen LogP contribution in [0.15, 0.2) is 6.07 Å². The van der Waals surface area contributed by atoms with Crippen LogP contribution >= 0.6 is 11.3 Å². The molecule has 2 atom stereocenters. The molecule has 0 fully saturated rings. The van der Waals surface area contributed by atoms with Crippen molar-refractivity contribution in [1.82, 2.24) is 5.32 Å². The van der Waals surface area contributed by atoms with E-state index in [0.29, 0.717) is 17.2 Å². The number of aliphatic carboxylic acids is 1. The molecule has 1 aromatic heterocycles. The topological polar surface area (TPSA) is 66.4 Å². The van der Waals surface area contributed by atoms with Gasteiger partial charge in [-0.2, -0.15) is 0 Å². The van der Waals surface area contributed by atoms with E-state index in [1.54, 1.807) is 0 Å². The predicted molar refractivity (Wildman–Crippen MR) is 83.9 cm³/mol. The molecule has 0 bridgehead atoms. The molecular formula is C16H23NO3S. The number of nitrogens with one attached hydrogen (secondary N) is 1. The van der Waals surface area contributed by atoms with Crippen LogP contribution in [0.1, 0.15) is 53.7 Å². The van der Waals surface area contributed by atoms with Crippen molar-refractivity contribution in [1.29, 1.82) is 0 Å². The molecule has 0 aromatic carbocycles. The fourth-order valence-corrected chi connectivity index (χ4v) is 3.85. The first kappa shape index (κ1) is 16.0. The third kappa shape index (κ3) is 4.06. The highest BCUT2D eigenvalue weighted by Crippen LogP contribution is 2.32. The minimum absolute atomic E-state index is 0.226. The van der Waals surface area contributed by atoms with Crippen molar-refractivity contribution in [2.45, 2.75) is 52.5 Å². The van der Waals surface area contributed by atoms with Gasteiger partial charge in [-0.15, -0.1) is 11.3 Å². The summed E-state index contributed by atoms with van der Waals surface area (Å²) in [6, 6.07) is 1.13. The zero-order valence-electron chi connectivity index (χ0n) is 12.8. The standard InChI is InChI=1S/C16H23NO3S/c1-9(2)6-12(16(19)20)17-15(18)14-8-11-7-10(3)4-5-13(11)21-14/h8-10,12H,4-7H2,1-3H3,(H,17,18)(H,19,20)/t10?,12-/m0/s1. The van der Waals surface area contributed by atoms with Crippen molar-refractivity contribution in [3.05, 3.63) is 21.4 Å². The van der Waals surface area contributed by atoms with Gasteiger partial charge in [0.15, 0.2) is 0 Å². The quantitative estimate of drug-likeness (QED) is 0.878. The van der Waals surface area contributed by atoms with Crippen molar-refractivity contribution >= 4 is 23.2 Å². The molecule has 0 aliphatic heterocycles. The number of aryl methyl sites for hydroxylation is 1. The number of thiophene rings is 1. The molecule has 2 rings (SSSR count). The van der Waals surface area contributed by atoms with Crippen LogP contribution in [0.2, 0.25) is 0 Å². The molecule has 2 N–H and O–H groups in total. The molecule has 1 unspecified atom stereocenters. The molecule has 1 heterocycles. The van der Waals surface area contributed by atoms with Gasteiger partial charge in [0.2, 0.25) is 0 Å². The van der Waals surface area contributed by atoms with Crippen LogP contribution in [0.5, 0.6) is 0 Å². The molecule has 1 aromatic rings. The average molecular weight is 309 g/mol. The summed E-state index contributed by atoms with van der Waals surface area (Å²) in [5.74, 6) is -0.332. The van der Waals surface area contributed by atoms with Gasteiger partial charge < -0.3 is 10.4 Å². The van der Waals surface area contributed by atoms with Crippen LogP contribution in [0.25, 0.3) is 0 Å².